The SMILES string of the molecule is CCCOc1cccc(C2c3c(oc4cc(C)c(C)cc4c3=O)C(=O)N2CCc2ccc(OC)c(OC)c2)c1. The highest BCUT2D eigenvalue weighted by Gasteiger charge is 2.42. The molecule has 0 radical (unpaired) electrons. The van der Waals surface area contributed by atoms with Crippen LogP contribution in [0, 0.1) is 13.8 Å². The number of aryl methyl sites for hydroxylation is 2. The van der Waals surface area contributed by atoms with E-state index in [0.29, 0.717) is 53.4 Å². The molecule has 0 aliphatic carbocycles. The topological polar surface area (TPSA) is 78.2 Å². The minimum atomic E-state index is -0.597. The maximum atomic E-state index is 13.9. The molecule has 1 amide bonds. The van der Waals surface area contributed by atoms with Crippen molar-refractivity contribution < 1.29 is 23.4 Å². The van der Waals surface area contributed by atoms with Crippen molar-refractivity contribution in [1.82, 2.24) is 4.90 Å². The lowest BCUT2D eigenvalue weighted by atomic mass is 9.97. The second kappa shape index (κ2) is 10.8. The molecule has 7 heteroatoms. The molecule has 5 rings (SSSR count). The number of hydrogen-bond donors (Lipinski definition) is 0. The van der Waals surface area contributed by atoms with E-state index in [-0.39, 0.29) is 17.1 Å². The second-order valence-electron chi connectivity index (χ2n) is 9.87. The van der Waals surface area contributed by atoms with E-state index in [2.05, 4.69) is 0 Å². The molecule has 0 bridgehead atoms. The van der Waals surface area contributed by atoms with Crippen LogP contribution in [0.1, 0.15) is 57.8 Å². The number of rotatable bonds is 9. The molecule has 3 aromatic carbocycles. The summed E-state index contributed by atoms with van der Waals surface area (Å²) < 4.78 is 22.9. The van der Waals surface area contributed by atoms with Gasteiger partial charge in [0, 0.05) is 6.54 Å². The van der Waals surface area contributed by atoms with Crippen LogP contribution in [-0.2, 0) is 6.42 Å². The normalized spacial score (nSPS) is 14.5. The molecule has 39 heavy (non-hydrogen) atoms. The van der Waals surface area contributed by atoms with Crippen molar-refractivity contribution >= 4 is 16.9 Å². The number of carbonyl (C=O) groups excluding carboxylic acids is 1. The van der Waals surface area contributed by atoms with Gasteiger partial charge in [-0.15, -0.1) is 0 Å². The van der Waals surface area contributed by atoms with Crippen LogP contribution >= 0.6 is 0 Å². The van der Waals surface area contributed by atoms with E-state index in [1.807, 2.05) is 75.4 Å². The molecule has 202 valence electrons. The van der Waals surface area contributed by atoms with E-state index in [9.17, 15) is 9.59 Å². The first-order chi connectivity index (χ1) is 18.9. The van der Waals surface area contributed by atoms with Crippen LogP contribution in [0.3, 0.4) is 0 Å². The van der Waals surface area contributed by atoms with Crippen molar-refractivity contribution in [2.75, 3.05) is 27.4 Å². The number of hydrogen-bond acceptors (Lipinski definition) is 6. The van der Waals surface area contributed by atoms with Crippen LogP contribution in [0.25, 0.3) is 11.0 Å². The minimum Gasteiger partial charge on any atom is -0.494 e. The Morgan fingerprint density at radius 2 is 1.69 bits per heavy atom. The first-order valence-corrected chi connectivity index (χ1v) is 13.2. The summed E-state index contributed by atoms with van der Waals surface area (Å²) in [6.07, 6.45) is 1.43. The van der Waals surface area contributed by atoms with Gasteiger partial charge in [-0.1, -0.05) is 25.1 Å². The lowest BCUT2D eigenvalue weighted by Gasteiger charge is -2.25. The number of carbonyl (C=O) groups is 1. The quantitative estimate of drug-likeness (QED) is 0.266. The average Bonchev–Trinajstić information content (AvgIpc) is 3.23. The predicted octanol–water partition coefficient (Wildman–Crippen LogP) is 6.00. The number of fused-ring (bicyclic) bond motifs is 2. The molecule has 1 aliphatic heterocycles. The van der Waals surface area contributed by atoms with Crippen molar-refractivity contribution in [1.29, 1.82) is 0 Å². The molecule has 1 unspecified atom stereocenters. The number of nitrogens with zero attached hydrogens (tertiary/aromatic N) is 1. The van der Waals surface area contributed by atoms with Gasteiger partial charge in [0.25, 0.3) is 5.91 Å². The number of amides is 1. The summed E-state index contributed by atoms with van der Waals surface area (Å²) in [5.74, 6) is 1.77. The van der Waals surface area contributed by atoms with E-state index < -0.39 is 6.04 Å². The highest BCUT2D eigenvalue weighted by Crippen LogP contribution is 2.39. The lowest BCUT2D eigenvalue weighted by molar-refractivity contribution is 0.0729. The van der Waals surface area contributed by atoms with Crippen molar-refractivity contribution in [2.45, 2.75) is 39.7 Å². The fourth-order valence-corrected chi connectivity index (χ4v) is 5.13. The predicted molar refractivity (Wildman–Crippen MR) is 150 cm³/mol. The van der Waals surface area contributed by atoms with E-state index in [1.54, 1.807) is 19.1 Å². The molecular formula is C32H33NO6. The van der Waals surface area contributed by atoms with Crippen LogP contribution < -0.4 is 19.6 Å². The summed E-state index contributed by atoms with van der Waals surface area (Å²) in [6.45, 7) is 6.93. The molecule has 7 nitrogen and oxygen atoms in total. The monoisotopic (exact) mass is 527 g/mol. The maximum Gasteiger partial charge on any atom is 0.290 e. The number of ether oxygens (including phenoxy) is 3. The number of benzene rings is 3. The van der Waals surface area contributed by atoms with Gasteiger partial charge in [0.15, 0.2) is 16.9 Å². The Bertz CT molecular complexity index is 1600. The third-order valence-electron chi connectivity index (χ3n) is 7.32. The Morgan fingerprint density at radius 1 is 0.923 bits per heavy atom. The fraction of sp³-hybridized carbons (Fsp3) is 0.312. The summed E-state index contributed by atoms with van der Waals surface area (Å²) in [5, 5.41) is 0.481. The van der Waals surface area contributed by atoms with E-state index in [1.165, 1.54) is 0 Å². The zero-order chi connectivity index (χ0) is 27.7. The van der Waals surface area contributed by atoms with Crippen LogP contribution in [0.2, 0.25) is 0 Å². The van der Waals surface area contributed by atoms with Gasteiger partial charge < -0.3 is 23.5 Å². The zero-order valence-corrected chi connectivity index (χ0v) is 23.0. The van der Waals surface area contributed by atoms with Crippen molar-refractivity contribution in [3.63, 3.8) is 0 Å². The Kier molecular flexibility index (Phi) is 7.33. The average molecular weight is 528 g/mol. The molecule has 1 aliphatic rings. The van der Waals surface area contributed by atoms with Gasteiger partial charge in [-0.05, 0) is 85.3 Å². The summed E-state index contributed by atoms with van der Waals surface area (Å²) in [5.41, 5.74) is 4.39. The van der Waals surface area contributed by atoms with Crippen LogP contribution in [-0.4, -0.2) is 38.2 Å². The molecule has 0 spiro atoms. The summed E-state index contributed by atoms with van der Waals surface area (Å²) in [6, 6.07) is 16.4. The van der Waals surface area contributed by atoms with Gasteiger partial charge in [0.2, 0.25) is 5.76 Å². The molecular weight excluding hydrogens is 494 g/mol. The molecule has 4 aromatic rings. The minimum absolute atomic E-state index is 0.105. The van der Waals surface area contributed by atoms with E-state index in [4.69, 9.17) is 18.6 Å². The van der Waals surface area contributed by atoms with Crippen LogP contribution in [0.5, 0.6) is 17.2 Å². The maximum absolute atomic E-state index is 13.9. The first kappa shape index (κ1) is 26.4. The van der Waals surface area contributed by atoms with Gasteiger partial charge in [0.1, 0.15) is 11.3 Å². The Morgan fingerprint density at radius 3 is 2.44 bits per heavy atom. The standard InChI is InChI=1S/C32H33NO6/c1-6-14-38-23-9-7-8-22(18-23)29-28-30(34)24-15-19(2)20(3)16-26(24)39-31(28)32(35)33(29)13-12-21-10-11-25(36-4)27(17-21)37-5/h7-11,15-18,29H,6,12-14H2,1-5H3. The van der Waals surface area contributed by atoms with Crippen molar-refractivity contribution in [3.05, 3.63) is 98.4 Å². The molecule has 0 saturated carbocycles. The largest absolute Gasteiger partial charge is 0.494 e. The lowest BCUT2D eigenvalue weighted by Crippen LogP contribution is -2.31. The molecule has 1 aromatic heterocycles. The van der Waals surface area contributed by atoms with Gasteiger partial charge in [-0.2, -0.15) is 0 Å². The van der Waals surface area contributed by atoms with Crippen LogP contribution in [0.4, 0.5) is 0 Å². The Hall–Kier alpha value is -4.26. The van der Waals surface area contributed by atoms with Gasteiger partial charge >= 0.3 is 0 Å². The molecule has 0 fully saturated rings. The van der Waals surface area contributed by atoms with Crippen LogP contribution in [0.15, 0.2) is 63.8 Å². The first-order valence-electron chi connectivity index (χ1n) is 13.2. The Labute approximate surface area is 227 Å². The fourth-order valence-electron chi connectivity index (χ4n) is 5.13. The summed E-state index contributed by atoms with van der Waals surface area (Å²) in [7, 11) is 3.19. The molecule has 1 atom stereocenters. The van der Waals surface area contributed by atoms with E-state index in [0.717, 1.165) is 28.7 Å². The highest BCUT2D eigenvalue weighted by molar-refractivity contribution is 5.99. The van der Waals surface area contributed by atoms with Crippen molar-refractivity contribution in [2.24, 2.45) is 0 Å². The molecule has 0 saturated heterocycles. The summed E-state index contributed by atoms with van der Waals surface area (Å²) >= 11 is 0. The van der Waals surface area contributed by atoms with Gasteiger partial charge in [0.05, 0.1) is 37.8 Å². The highest BCUT2D eigenvalue weighted by atomic mass is 16.5. The van der Waals surface area contributed by atoms with Gasteiger partial charge in [-0.25, -0.2) is 0 Å². The second-order valence-corrected chi connectivity index (χ2v) is 9.87. The van der Waals surface area contributed by atoms with Gasteiger partial charge in [-0.3, -0.25) is 9.59 Å². The third kappa shape index (κ3) is 4.85. The zero-order valence-electron chi connectivity index (χ0n) is 23.0. The van der Waals surface area contributed by atoms with E-state index >= 15 is 0 Å². The summed E-state index contributed by atoms with van der Waals surface area (Å²) in [4.78, 5) is 29.5. The molecule has 0 N–H and O–H groups in total. The molecule has 2 heterocycles. The van der Waals surface area contributed by atoms with Crippen molar-refractivity contribution in [3.8, 4) is 17.2 Å². The Balaban J connectivity index is 1.60. The smallest absolute Gasteiger partial charge is 0.290 e. The number of methoxy groups -OCH3 is 2. The third-order valence-corrected chi connectivity index (χ3v) is 7.32.